The third-order valence-electron chi connectivity index (χ3n) is 5.68. The lowest BCUT2D eigenvalue weighted by Gasteiger charge is -2.55. The Balaban J connectivity index is 1.55. The number of piperazine rings is 1. The summed E-state index contributed by atoms with van der Waals surface area (Å²) in [6.45, 7) is 1.07. The molecule has 1 spiro atoms. The normalized spacial score (nSPS) is 18.1. The Kier molecular flexibility index (Phi) is 4.44. The highest BCUT2D eigenvalue weighted by atomic mass is 19.1. The highest BCUT2D eigenvalue weighted by Crippen LogP contribution is 2.41. The largest absolute Gasteiger partial charge is 0.480 e. The van der Waals surface area contributed by atoms with E-state index < -0.39 is 17.3 Å². The van der Waals surface area contributed by atoms with Crippen molar-refractivity contribution in [2.24, 2.45) is 0 Å². The lowest BCUT2D eigenvalue weighted by molar-refractivity contribution is -0.0307. The lowest BCUT2D eigenvalue weighted by Crippen LogP contribution is -2.67. The van der Waals surface area contributed by atoms with Gasteiger partial charge in [0.1, 0.15) is 11.5 Å². The van der Waals surface area contributed by atoms with Crippen LogP contribution in [-0.2, 0) is 0 Å². The van der Waals surface area contributed by atoms with Crippen molar-refractivity contribution < 1.29 is 18.7 Å². The summed E-state index contributed by atoms with van der Waals surface area (Å²) in [6.07, 6.45) is 2.57. The fraction of sp³-hybridized carbons (Fsp3) is 0.421. The van der Waals surface area contributed by atoms with Crippen molar-refractivity contribution in [1.29, 1.82) is 0 Å². The van der Waals surface area contributed by atoms with Crippen molar-refractivity contribution in [3.63, 3.8) is 0 Å². The second kappa shape index (κ2) is 6.81. The Morgan fingerprint density at radius 3 is 2.68 bits per heavy atom. The predicted molar refractivity (Wildman–Crippen MR) is 99.5 cm³/mol. The van der Waals surface area contributed by atoms with Crippen LogP contribution in [-0.4, -0.2) is 64.1 Å². The van der Waals surface area contributed by atoms with Crippen LogP contribution in [0.1, 0.15) is 40.1 Å². The summed E-state index contributed by atoms with van der Waals surface area (Å²) in [6, 6.07) is 5.55. The molecule has 1 saturated carbocycles. The summed E-state index contributed by atoms with van der Waals surface area (Å²) in [7, 11) is 1.48. The number of hydrogen-bond donors (Lipinski definition) is 2. The van der Waals surface area contributed by atoms with E-state index in [-0.39, 0.29) is 11.5 Å². The van der Waals surface area contributed by atoms with Crippen molar-refractivity contribution >= 4 is 17.5 Å². The van der Waals surface area contributed by atoms with Crippen molar-refractivity contribution in [2.75, 3.05) is 32.5 Å². The Hall–Kier alpha value is -3.10. The van der Waals surface area contributed by atoms with Gasteiger partial charge in [0.2, 0.25) is 5.88 Å². The maximum atomic E-state index is 14.1. The van der Waals surface area contributed by atoms with Crippen molar-refractivity contribution in [3.05, 3.63) is 41.3 Å². The van der Waals surface area contributed by atoms with Gasteiger partial charge in [-0.2, -0.15) is 0 Å². The standard InChI is InChI=1S/C19H22FN5O3/c1-28-16-10-15(22-23-16)18(27)25-8-7-24(11-19(25)5-2-6-19)17(26)13-9-12(21)3-4-14(13)20/h3-4,9-10H,2,5-8,11,21H2,1H3,(H,22,23). The number of carbonyl (C=O) groups is 2. The van der Waals surface area contributed by atoms with Gasteiger partial charge in [0.25, 0.3) is 11.8 Å². The number of aromatic amines is 1. The third kappa shape index (κ3) is 2.96. The van der Waals surface area contributed by atoms with Gasteiger partial charge in [0.15, 0.2) is 0 Å². The number of nitrogens with one attached hydrogen (secondary N) is 1. The van der Waals surface area contributed by atoms with Crippen molar-refractivity contribution in [3.8, 4) is 5.88 Å². The molecule has 0 atom stereocenters. The molecule has 2 fully saturated rings. The van der Waals surface area contributed by atoms with Crippen molar-refractivity contribution in [1.82, 2.24) is 20.0 Å². The molecule has 4 rings (SSSR count). The SMILES string of the molecule is COc1cc(C(=O)N2CCN(C(=O)c3cc(N)ccc3F)CC23CCC3)[nH]n1. The van der Waals surface area contributed by atoms with Crippen LogP contribution in [0.3, 0.4) is 0 Å². The molecule has 1 aliphatic carbocycles. The van der Waals surface area contributed by atoms with Crippen LogP contribution in [0, 0.1) is 5.82 Å². The van der Waals surface area contributed by atoms with Crippen LogP contribution in [0.4, 0.5) is 10.1 Å². The van der Waals surface area contributed by atoms with Crippen LogP contribution in [0.15, 0.2) is 24.3 Å². The number of hydrogen-bond acceptors (Lipinski definition) is 5. The number of amides is 2. The molecule has 2 aromatic rings. The molecule has 28 heavy (non-hydrogen) atoms. The van der Waals surface area contributed by atoms with Crippen LogP contribution >= 0.6 is 0 Å². The fourth-order valence-electron chi connectivity index (χ4n) is 4.02. The first-order chi connectivity index (χ1) is 13.4. The maximum Gasteiger partial charge on any atom is 0.272 e. The number of aromatic nitrogens is 2. The van der Waals surface area contributed by atoms with Crippen LogP contribution in [0.5, 0.6) is 5.88 Å². The van der Waals surface area contributed by atoms with Crippen LogP contribution < -0.4 is 10.5 Å². The highest BCUT2D eigenvalue weighted by Gasteiger charge is 2.49. The monoisotopic (exact) mass is 387 g/mol. The minimum Gasteiger partial charge on any atom is -0.480 e. The molecule has 0 radical (unpaired) electrons. The number of benzene rings is 1. The number of nitrogens with two attached hydrogens (primary N) is 1. The number of H-pyrrole nitrogens is 1. The molecule has 1 aromatic heterocycles. The first kappa shape index (κ1) is 18.3. The molecule has 8 nitrogen and oxygen atoms in total. The van der Waals surface area contributed by atoms with Gasteiger partial charge < -0.3 is 20.3 Å². The number of halogens is 1. The molecular weight excluding hydrogens is 365 g/mol. The van der Waals surface area contributed by atoms with E-state index in [2.05, 4.69) is 10.2 Å². The molecule has 148 valence electrons. The van der Waals surface area contributed by atoms with Gasteiger partial charge in [0, 0.05) is 31.4 Å². The average molecular weight is 387 g/mol. The quantitative estimate of drug-likeness (QED) is 0.780. The molecule has 0 unspecified atom stereocenters. The molecular formula is C19H22FN5O3. The van der Waals surface area contributed by atoms with Crippen LogP contribution in [0.25, 0.3) is 0 Å². The Bertz CT molecular complexity index is 924. The van der Waals surface area contributed by atoms with E-state index in [9.17, 15) is 14.0 Å². The molecule has 0 bridgehead atoms. The number of ether oxygens (including phenoxy) is 1. The van der Waals surface area contributed by atoms with E-state index in [4.69, 9.17) is 10.5 Å². The Morgan fingerprint density at radius 1 is 1.25 bits per heavy atom. The van der Waals surface area contributed by atoms with Gasteiger partial charge in [-0.15, -0.1) is 5.10 Å². The first-order valence-electron chi connectivity index (χ1n) is 9.19. The van der Waals surface area contributed by atoms with Gasteiger partial charge in [-0.1, -0.05) is 0 Å². The summed E-state index contributed by atoms with van der Waals surface area (Å²) in [4.78, 5) is 29.3. The third-order valence-corrected chi connectivity index (χ3v) is 5.68. The van der Waals surface area contributed by atoms with Crippen molar-refractivity contribution in [2.45, 2.75) is 24.8 Å². The van der Waals surface area contributed by atoms with Crippen LogP contribution in [0.2, 0.25) is 0 Å². The Labute approximate surface area is 161 Å². The second-order valence-electron chi connectivity index (χ2n) is 7.32. The second-order valence-corrected chi connectivity index (χ2v) is 7.32. The average Bonchev–Trinajstić information content (AvgIpc) is 3.16. The van der Waals surface area contributed by atoms with E-state index in [1.54, 1.807) is 11.0 Å². The van der Waals surface area contributed by atoms with Gasteiger partial charge in [-0.3, -0.25) is 14.7 Å². The summed E-state index contributed by atoms with van der Waals surface area (Å²) in [5.41, 5.74) is 5.94. The molecule has 1 saturated heterocycles. The zero-order valence-corrected chi connectivity index (χ0v) is 15.6. The predicted octanol–water partition coefficient (Wildman–Crippen LogP) is 1.66. The number of nitrogens with zero attached hydrogens (tertiary/aromatic N) is 3. The van der Waals surface area contributed by atoms with E-state index in [1.807, 2.05) is 4.90 Å². The Morgan fingerprint density at radius 2 is 2.04 bits per heavy atom. The number of carbonyl (C=O) groups excluding carboxylic acids is 2. The minimum absolute atomic E-state index is 0.0347. The molecule has 9 heteroatoms. The molecule has 2 heterocycles. The number of nitrogen functional groups attached to an aromatic ring is 1. The number of rotatable bonds is 3. The number of methoxy groups -OCH3 is 1. The topological polar surface area (TPSA) is 105 Å². The zero-order valence-electron chi connectivity index (χ0n) is 15.6. The summed E-state index contributed by atoms with van der Waals surface area (Å²) in [5, 5.41) is 6.63. The summed E-state index contributed by atoms with van der Waals surface area (Å²) >= 11 is 0. The van der Waals surface area contributed by atoms with Gasteiger partial charge >= 0.3 is 0 Å². The smallest absolute Gasteiger partial charge is 0.272 e. The molecule has 1 aliphatic heterocycles. The zero-order chi connectivity index (χ0) is 19.9. The molecule has 3 N–H and O–H groups in total. The lowest BCUT2D eigenvalue weighted by atomic mass is 9.73. The van der Waals surface area contributed by atoms with Gasteiger partial charge in [0.05, 0.1) is 18.2 Å². The first-order valence-corrected chi connectivity index (χ1v) is 9.19. The van der Waals surface area contributed by atoms with Gasteiger partial charge in [-0.25, -0.2) is 4.39 Å². The van der Waals surface area contributed by atoms with E-state index in [0.717, 1.165) is 19.3 Å². The maximum absolute atomic E-state index is 14.1. The summed E-state index contributed by atoms with van der Waals surface area (Å²) < 4.78 is 19.2. The van der Waals surface area contributed by atoms with E-state index >= 15 is 0 Å². The minimum atomic E-state index is -0.593. The molecule has 2 amide bonds. The fourth-order valence-corrected chi connectivity index (χ4v) is 4.02. The molecule has 2 aliphatic rings. The van der Waals surface area contributed by atoms with E-state index in [0.29, 0.717) is 36.9 Å². The molecule has 1 aromatic carbocycles. The summed E-state index contributed by atoms with van der Waals surface area (Å²) in [5.74, 6) is -0.814. The number of anilines is 1. The van der Waals surface area contributed by atoms with E-state index in [1.165, 1.54) is 25.3 Å². The van der Waals surface area contributed by atoms with Gasteiger partial charge in [-0.05, 0) is 37.5 Å². The highest BCUT2D eigenvalue weighted by molar-refractivity contribution is 5.96.